The summed E-state index contributed by atoms with van der Waals surface area (Å²) >= 11 is 0. The normalized spacial score (nSPS) is 12.6. The molecule has 0 bridgehead atoms. The molecule has 25 heavy (non-hydrogen) atoms. The van der Waals surface area contributed by atoms with Crippen LogP contribution in [0.2, 0.25) is 0 Å². The summed E-state index contributed by atoms with van der Waals surface area (Å²) in [5.41, 5.74) is 3.69. The van der Waals surface area contributed by atoms with E-state index in [2.05, 4.69) is 24.4 Å². The van der Waals surface area contributed by atoms with Crippen LogP contribution >= 0.6 is 0 Å². The molecule has 1 unspecified atom stereocenters. The number of benzene rings is 1. The molecular formula is C20H28N2O3. The molecule has 2 rings (SSSR count). The number of aromatic nitrogens is 1. The topological polar surface area (TPSA) is 71.3 Å². The average molecular weight is 344 g/mol. The molecule has 0 spiro atoms. The summed E-state index contributed by atoms with van der Waals surface area (Å²) < 4.78 is 1.97. The van der Waals surface area contributed by atoms with Crippen LogP contribution in [-0.4, -0.2) is 27.6 Å². The predicted octanol–water partition coefficient (Wildman–Crippen LogP) is 3.76. The van der Waals surface area contributed by atoms with Gasteiger partial charge in [-0.1, -0.05) is 26.8 Å². The number of nitrogens with one attached hydrogen (secondary N) is 1. The van der Waals surface area contributed by atoms with Crippen LogP contribution in [0.1, 0.15) is 55.7 Å². The van der Waals surface area contributed by atoms with Gasteiger partial charge in [-0.05, 0) is 55.9 Å². The third kappa shape index (κ3) is 3.86. The van der Waals surface area contributed by atoms with Crippen molar-refractivity contribution in [2.75, 3.05) is 0 Å². The molecule has 136 valence electrons. The number of hydrogen-bond acceptors (Lipinski definition) is 2. The Bertz CT molecular complexity index is 790. The van der Waals surface area contributed by atoms with Crippen molar-refractivity contribution < 1.29 is 14.7 Å². The van der Waals surface area contributed by atoms with Gasteiger partial charge in [-0.3, -0.25) is 4.79 Å². The fourth-order valence-electron chi connectivity index (χ4n) is 3.33. The first-order chi connectivity index (χ1) is 11.8. The third-order valence-electron chi connectivity index (χ3n) is 4.63. The number of carboxylic acid groups (broad SMARTS) is 1. The van der Waals surface area contributed by atoms with Crippen molar-refractivity contribution in [3.8, 4) is 0 Å². The molecule has 5 nitrogen and oxygen atoms in total. The summed E-state index contributed by atoms with van der Waals surface area (Å²) in [6, 6.07) is 5.37. The lowest BCUT2D eigenvalue weighted by Gasteiger charge is -2.17. The number of rotatable bonds is 7. The van der Waals surface area contributed by atoms with Gasteiger partial charge in [-0.25, -0.2) is 4.79 Å². The number of fused-ring (bicyclic) bond motifs is 1. The van der Waals surface area contributed by atoms with Crippen molar-refractivity contribution in [3.63, 3.8) is 0 Å². The standard InChI is InChI=1S/C20H28N2O3/c1-6-14-8-9-17-15(11-14)13(5)18(22(17)7-2)19(23)21-16(20(24)25)10-12(3)4/h8-9,11-12,16H,6-7,10H2,1-5H3,(H,21,23)(H,24,25). The molecule has 0 radical (unpaired) electrons. The van der Waals surface area contributed by atoms with Crippen LogP contribution in [0.3, 0.4) is 0 Å². The van der Waals surface area contributed by atoms with E-state index in [0.29, 0.717) is 18.7 Å². The summed E-state index contributed by atoms with van der Waals surface area (Å²) in [5, 5.41) is 13.2. The van der Waals surface area contributed by atoms with Crippen LogP contribution < -0.4 is 5.32 Å². The molecule has 1 aromatic heterocycles. The smallest absolute Gasteiger partial charge is 0.326 e. The zero-order chi connectivity index (χ0) is 18.7. The third-order valence-corrected chi connectivity index (χ3v) is 4.63. The van der Waals surface area contributed by atoms with Gasteiger partial charge in [0.05, 0.1) is 0 Å². The van der Waals surface area contributed by atoms with Crippen molar-refractivity contribution in [1.29, 1.82) is 0 Å². The second-order valence-electron chi connectivity index (χ2n) is 6.92. The van der Waals surface area contributed by atoms with Crippen LogP contribution in [-0.2, 0) is 17.8 Å². The molecule has 1 aromatic carbocycles. The van der Waals surface area contributed by atoms with Crippen molar-refractivity contribution in [2.45, 2.75) is 60.0 Å². The Morgan fingerprint density at radius 3 is 2.44 bits per heavy atom. The second-order valence-corrected chi connectivity index (χ2v) is 6.92. The lowest BCUT2D eigenvalue weighted by molar-refractivity contribution is -0.139. The van der Waals surface area contributed by atoms with Gasteiger partial charge in [-0.2, -0.15) is 0 Å². The highest BCUT2D eigenvalue weighted by atomic mass is 16.4. The van der Waals surface area contributed by atoms with Crippen molar-refractivity contribution in [3.05, 3.63) is 35.0 Å². The van der Waals surface area contributed by atoms with E-state index in [1.165, 1.54) is 5.56 Å². The lowest BCUT2D eigenvalue weighted by atomic mass is 10.0. The van der Waals surface area contributed by atoms with Gasteiger partial charge in [0.1, 0.15) is 11.7 Å². The Hall–Kier alpha value is -2.30. The molecule has 1 atom stereocenters. The van der Waals surface area contributed by atoms with Crippen LogP contribution in [0.5, 0.6) is 0 Å². The van der Waals surface area contributed by atoms with Gasteiger partial charge in [0.2, 0.25) is 0 Å². The number of aryl methyl sites for hydroxylation is 3. The molecule has 0 aliphatic rings. The highest BCUT2D eigenvalue weighted by molar-refractivity contribution is 6.03. The Morgan fingerprint density at radius 1 is 1.24 bits per heavy atom. The molecule has 2 N–H and O–H groups in total. The summed E-state index contributed by atoms with van der Waals surface area (Å²) in [7, 11) is 0. The van der Waals surface area contributed by atoms with Crippen molar-refractivity contribution >= 4 is 22.8 Å². The molecular weight excluding hydrogens is 316 g/mol. The zero-order valence-electron chi connectivity index (χ0n) is 15.7. The lowest BCUT2D eigenvalue weighted by Crippen LogP contribution is -2.42. The van der Waals surface area contributed by atoms with Crippen molar-refractivity contribution in [2.24, 2.45) is 5.92 Å². The number of amides is 1. The largest absolute Gasteiger partial charge is 0.480 e. The number of hydrogen-bond donors (Lipinski definition) is 2. The predicted molar refractivity (Wildman–Crippen MR) is 100 cm³/mol. The van der Waals surface area contributed by atoms with E-state index in [1.807, 2.05) is 38.3 Å². The van der Waals surface area contributed by atoms with E-state index in [-0.39, 0.29) is 11.8 Å². The molecule has 0 saturated carbocycles. The van der Waals surface area contributed by atoms with E-state index in [1.54, 1.807) is 0 Å². The first-order valence-electron chi connectivity index (χ1n) is 8.95. The van der Waals surface area contributed by atoms with Crippen LogP contribution in [0.15, 0.2) is 18.2 Å². The Balaban J connectivity index is 2.46. The van der Waals surface area contributed by atoms with Gasteiger partial charge < -0.3 is 15.0 Å². The summed E-state index contributed by atoms with van der Waals surface area (Å²) in [6.45, 7) is 10.6. The van der Waals surface area contributed by atoms with Gasteiger partial charge >= 0.3 is 5.97 Å². The van der Waals surface area contributed by atoms with Gasteiger partial charge in [-0.15, -0.1) is 0 Å². The van der Waals surface area contributed by atoms with Crippen LogP contribution in [0.4, 0.5) is 0 Å². The molecule has 1 amide bonds. The first-order valence-corrected chi connectivity index (χ1v) is 8.95. The van der Waals surface area contributed by atoms with E-state index >= 15 is 0 Å². The van der Waals surface area contributed by atoms with Crippen molar-refractivity contribution in [1.82, 2.24) is 9.88 Å². The Morgan fingerprint density at radius 2 is 1.92 bits per heavy atom. The molecule has 0 aliphatic carbocycles. The van der Waals surface area contributed by atoms with Gasteiger partial charge in [0.25, 0.3) is 5.91 Å². The fraction of sp³-hybridized carbons (Fsp3) is 0.500. The zero-order valence-corrected chi connectivity index (χ0v) is 15.7. The summed E-state index contributed by atoms with van der Waals surface area (Å²) in [5.74, 6) is -1.12. The quantitative estimate of drug-likeness (QED) is 0.803. The monoisotopic (exact) mass is 344 g/mol. The van der Waals surface area contributed by atoms with E-state index in [9.17, 15) is 14.7 Å². The molecule has 0 aliphatic heterocycles. The fourth-order valence-corrected chi connectivity index (χ4v) is 3.33. The maximum absolute atomic E-state index is 12.9. The maximum atomic E-state index is 12.9. The molecule has 1 heterocycles. The van der Waals surface area contributed by atoms with E-state index in [0.717, 1.165) is 22.9 Å². The summed E-state index contributed by atoms with van der Waals surface area (Å²) in [6.07, 6.45) is 1.34. The molecule has 0 fully saturated rings. The second kappa shape index (κ2) is 7.72. The summed E-state index contributed by atoms with van der Waals surface area (Å²) in [4.78, 5) is 24.3. The first kappa shape index (κ1) is 19.0. The number of carboxylic acids is 1. The number of aliphatic carboxylic acids is 1. The van der Waals surface area contributed by atoms with E-state index < -0.39 is 12.0 Å². The van der Waals surface area contributed by atoms with Crippen LogP contribution in [0.25, 0.3) is 10.9 Å². The minimum Gasteiger partial charge on any atom is -0.480 e. The van der Waals surface area contributed by atoms with Gasteiger partial charge in [0, 0.05) is 17.4 Å². The minimum absolute atomic E-state index is 0.187. The number of carbonyl (C=O) groups is 2. The number of carbonyl (C=O) groups excluding carboxylic acids is 1. The SMILES string of the molecule is CCc1ccc2c(c1)c(C)c(C(=O)NC(CC(C)C)C(=O)O)n2CC. The Kier molecular flexibility index (Phi) is 5.88. The van der Waals surface area contributed by atoms with Crippen LogP contribution in [0, 0.1) is 12.8 Å². The Labute approximate surface area is 149 Å². The van der Waals surface area contributed by atoms with E-state index in [4.69, 9.17) is 0 Å². The average Bonchev–Trinajstić information content (AvgIpc) is 2.85. The number of nitrogens with zero attached hydrogens (tertiary/aromatic N) is 1. The highest BCUT2D eigenvalue weighted by Gasteiger charge is 2.25. The highest BCUT2D eigenvalue weighted by Crippen LogP contribution is 2.27. The molecule has 2 aromatic rings. The molecule has 0 saturated heterocycles. The minimum atomic E-state index is -0.993. The maximum Gasteiger partial charge on any atom is 0.326 e. The molecule has 5 heteroatoms. The van der Waals surface area contributed by atoms with Gasteiger partial charge in [0.15, 0.2) is 0 Å².